The first kappa shape index (κ1) is 16.4. The van der Waals surface area contributed by atoms with Crippen LogP contribution in [0.3, 0.4) is 0 Å². The fraction of sp³-hybridized carbons (Fsp3) is 0.0909. The van der Waals surface area contributed by atoms with Crippen LogP contribution < -0.4 is 5.56 Å². The van der Waals surface area contributed by atoms with Gasteiger partial charge in [-0.15, -0.1) is 0 Å². The van der Waals surface area contributed by atoms with Gasteiger partial charge in [-0.05, 0) is 35.4 Å². The van der Waals surface area contributed by atoms with Crippen molar-refractivity contribution in [1.29, 1.82) is 0 Å². The third-order valence-corrected chi connectivity index (χ3v) is 4.87. The lowest BCUT2D eigenvalue weighted by Gasteiger charge is -2.09. The maximum absolute atomic E-state index is 13.2. The summed E-state index contributed by atoms with van der Waals surface area (Å²) in [7, 11) is 0. The number of hydrogen-bond acceptors (Lipinski definition) is 4. The monoisotopic (exact) mass is 367 g/mol. The molecule has 0 aliphatic heterocycles. The molecule has 1 aromatic carbocycles. The van der Waals surface area contributed by atoms with Crippen molar-refractivity contribution in [3.8, 4) is 11.1 Å². The van der Waals surface area contributed by atoms with E-state index in [-0.39, 0.29) is 5.56 Å². The van der Waals surface area contributed by atoms with E-state index >= 15 is 0 Å². The topological polar surface area (TPSA) is 65.1 Å². The first-order valence-corrected chi connectivity index (χ1v) is 9.11. The zero-order valence-corrected chi connectivity index (χ0v) is 15.1. The molecule has 4 aromatic heterocycles. The molecule has 0 N–H and O–H groups in total. The van der Waals surface area contributed by atoms with Gasteiger partial charge in [-0.3, -0.25) is 9.78 Å². The number of aryl methyl sites for hydroxylation is 2. The van der Waals surface area contributed by atoms with Crippen LogP contribution in [0, 0.1) is 0 Å². The van der Waals surface area contributed by atoms with E-state index in [1.165, 1.54) is 4.68 Å². The summed E-state index contributed by atoms with van der Waals surface area (Å²) in [4.78, 5) is 21.8. The molecule has 4 heterocycles. The molecule has 28 heavy (non-hydrogen) atoms. The van der Waals surface area contributed by atoms with Crippen LogP contribution in [-0.4, -0.2) is 24.1 Å². The maximum Gasteiger partial charge on any atom is 0.275 e. The fourth-order valence-corrected chi connectivity index (χ4v) is 3.49. The van der Waals surface area contributed by atoms with E-state index in [4.69, 9.17) is 0 Å². The predicted molar refractivity (Wildman–Crippen MR) is 108 cm³/mol. The molecule has 0 bridgehead atoms. The minimum atomic E-state index is -0.0892. The van der Waals surface area contributed by atoms with Crippen molar-refractivity contribution in [2.45, 2.75) is 13.0 Å². The Balaban J connectivity index is 1.53. The van der Waals surface area contributed by atoms with Gasteiger partial charge in [0.05, 0.1) is 23.8 Å². The zero-order valence-electron chi connectivity index (χ0n) is 15.1. The molecular weight excluding hydrogens is 350 g/mol. The summed E-state index contributed by atoms with van der Waals surface area (Å²) < 4.78 is 3.50. The second-order valence-electron chi connectivity index (χ2n) is 6.63. The Morgan fingerprint density at radius 3 is 2.71 bits per heavy atom. The van der Waals surface area contributed by atoms with Crippen molar-refractivity contribution in [1.82, 2.24) is 24.1 Å². The van der Waals surface area contributed by atoms with E-state index < -0.39 is 0 Å². The number of aromatic nitrogens is 5. The van der Waals surface area contributed by atoms with Gasteiger partial charge < -0.3 is 4.40 Å². The lowest BCUT2D eigenvalue weighted by molar-refractivity contribution is 0.580. The lowest BCUT2D eigenvalue weighted by atomic mass is 10.0. The summed E-state index contributed by atoms with van der Waals surface area (Å²) in [5, 5.41) is 5.88. The standard InChI is InChI=1S/C22H17N5O/c28-22-21-17(4-3-5-19(21)16-7-10-23-11-8-16)14-24-27(22)13-9-18-15-26-12-2-1-6-20(26)25-18/h1-8,10-12,14-15H,9,13H2. The Morgan fingerprint density at radius 1 is 0.964 bits per heavy atom. The van der Waals surface area contributed by atoms with Gasteiger partial charge in [0.15, 0.2) is 0 Å². The molecule has 0 saturated heterocycles. The van der Waals surface area contributed by atoms with Gasteiger partial charge in [0.1, 0.15) is 5.65 Å². The summed E-state index contributed by atoms with van der Waals surface area (Å²) in [6, 6.07) is 15.5. The minimum Gasteiger partial charge on any atom is -0.307 e. The fourth-order valence-electron chi connectivity index (χ4n) is 3.49. The maximum atomic E-state index is 13.2. The van der Waals surface area contributed by atoms with E-state index in [1.807, 2.05) is 65.3 Å². The van der Waals surface area contributed by atoms with Crippen molar-refractivity contribution in [3.05, 3.63) is 95.6 Å². The number of fused-ring (bicyclic) bond motifs is 2. The average Bonchev–Trinajstić information content (AvgIpc) is 3.16. The third kappa shape index (κ3) is 2.85. The van der Waals surface area contributed by atoms with Crippen LogP contribution in [0.2, 0.25) is 0 Å². The second kappa shape index (κ2) is 6.74. The first-order chi connectivity index (χ1) is 13.8. The molecule has 0 radical (unpaired) electrons. The largest absolute Gasteiger partial charge is 0.307 e. The molecule has 0 unspecified atom stereocenters. The minimum absolute atomic E-state index is 0.0892. The van der Waals surface area contributed by atoms with Gasteiger partial charge in [0.25, 0.3) is 5.56 Å². The van der Waals surface area contributed by atoms with Crippen LogP contribution in [-0.2, 0) is 13.0 Å². The Kier molecular flexibility index (Phi) is 3.94. The van der Waals surface area contributed by atoms with Gasteiger partial charge in [0, 0.05) is 36.6 Å². The van der Waals surface area contributed by atoms with E-state index in [9.17, 15) is 4.79 Å². The number of hydrogen-bond donors (Lipinski definition) is 0. The highest BCUT2D eigenvalue weighted by Crippen LogP contribution is 2.25. The summed E-state index contributed by atoms with van der Waals surface area (Å²) in [5.41, 5.74) is 3.61. The quantitative estimate of drug-likeness (QED) is 0.489. The Hall–Kier alpha value is -3.80. The van der Waals surface area contributed by atoms with Gasteiger partial charge in [-0.2, -0.15) is 5.10 Å². The van der Waals surface area contributed by atoms with Crippen LogP contribution in [0.1, 0.15) is 5.69 Å². The molecule has 0 amide bonds. The van der Waals surface area contributed by atoms with Crippen LogP contribution in [0.15, 0.2) is 84.3 Å². The molecule has 0 aliphatic carbocycles. The molecule has 6 nitrogen and oxygen atoms in total. The van der Waals surface area contributed by atoms with Crippen molar-refractivity contribution in [2.24, 2.45) is 0 Å². The van der Waals surface area contributed by atoms with Crippen LogP contribution in [0.5, 0.6) is 0 Å². The number of benzene rings is 1. The summed E-state index contributed by atoms with van der Waals surface area (Å²) >= 11 is 0. The molecule has 5 rings (SSSR count). The number of rotatable bonds is 4. The summed E-state index contributed by atoms with van der Waals surface area (Å²) in [5.74, 6) is 0. The molecule has 0 spiro atoms. The SMILES string of the molecule is O=c1c2c(-c3ccncc3)cccc2cnn1CCc1cn2ccccc2n1. The van der Waals surface area contributed by atoms with Crippen molar-refractivity contribution in [2.75, 3.05) is 0 Å². The van der Waals surface area contributed by atoms with Crippen molar-refractivity contribution < 1.29 is 0 Å². The molecule has 0 atom stereocenters. The number of imidazole rings is 1. The zero-order chi connectivity index (χ0) is 18.9. The Bertz CT molecular complexity index is 1300. The van der Waals surface area contributed by atoms with Crippen LogP contribution in [0.4, 0.5) is 0 Å². The molecule has 136 valence electrons. The summed E-state index contributed by atoms with van der Waals surface area (Å²) in [6.45, 7) is 0.476. The molecule has 0 saturated carbocycles. The van der Waals surface area contributed by atoms with Crippen molar-refractivity contribution >= 4 is 16.4 Å². The third-order valence-electron chi connectivity index (χ3n) is 4.87. The predicted octanol–water partition coefficient (Wildman–Crippen LogP) is 3.35. The van der Waals surface area contributed by atoms with Gasteiger partial charge in [-0.25, -0.2) is 9.67 Å². The highest BCUT2D eigenvalue weighted by Gasteiger charge is 2.11. The van der Waals surface area contributed by atoms with Crippen LogP contribution >= 0.6 is 0 Å². The number of nitrogens with zero attached hydrogens (tertiary/aromatic N) is 5. The van der Waals surface area contributed by atoms with Crippen molar-refractivity contribution in [3.63, 3.8) is 0 Å². The second-order valence-corrected chi connectivity index (χ2v) is 6.63. The van der Waals surface area contributed by atoms with E-state index in [0.717, 1.165) is 27.9 Å². The molecule has 6 heteroatoms. The molecule has 0 aliphatic rings. The molecular formula is C22H17N5O. The number of pyridine rings is 2. The van der Waals surface area contributed by atoms with Gasteiger partial charge in [-0.1, -0.05) is 24.3 Å². The lowest BCUT2D eigenvalue weighted by Crippen LogP contribution is -2.24. The normalized spacial score (nSPS) is 11.3. The first-order valence-electron chi connectivity index (χ1n) is 9.11. The summed E-state index contributed by atoms with van der Waals surface area (Å²) in [6.07, 6.45) is 9.81. The van der Waals surface area contributed by atoms with E-state index in [2.05, 4.69) is 15.1 Å². The Labute approximate surface area is 160 Å². The van der Waals surface area contributed by atoms with Gasteiger partial charge in [0.2, 0.25) is 0 Å². The highest BCUT2D eigenvalue weighted by molar-refractivity contribution is 5.95. The smallest absolute Gasteiger partial charge is 0.275 e. The average molecular weight is 367 g/mol. The highest BCUT2D eigenvalue weighted by atomic mass is 16.1. The van der Waals surface area contributed by atoms with E-state index in [1.54, 1.807) is 18.6 Å². The molecule has 5 aromatic rings. The Morgan fingerprint density at radius 2 is 1.86 bits per heavy atom. The van der Waals surface area contributed by atoms with Gasteiger partial charge >= 0.3 is 0 Å². The molecule has 0 fully saturated rings. The van der Waals surface area contributed by atoms with Crippen LogP contribution in [0.25, 0.3) is 27.5 Å². The van der Waals surface area contributed by atoms with E-state index in [0.29, 0.717) is 18.4 Å².